The van der Waals surface area contributed by atoms with Crippen LogP contribution in [0, 0.1) is 11.8 Å². The Kier molecular flexibility index (Phi) is 6.94. The summed E-state index contributed by atoms with van der Waals surface area (Å²) in [6.07, 6.45) is 4.17. The molecule has 3 heterocycles. The van der Waals surface area contributed by atoms with E-state index in [1.165, 1.54) is 4.90 Å². The number of hydrogen-bond acceptors (Lipinski definition) is 5. The van der Waals surface area contributed by atoms with Crippen LogP contribution in [0.25, 0.3) is 0 Å². The molecule has 3 aliphatic rings. The lowest BCUT2D eigenvalue weighted by molar-refractivity contribution is -0.152. The van der Waals surface area contributed by atoms with Gasteiger partial charge in [-0.05, 0) is 19.8 Å². The summed E-state index contributed by atoms with van der Waals surface area (Å²) < 4.78 is 6.21. The first-order valence-electron chi connectivity index (χ1n) is 10.6. The van der Waals surface area contributed by atoms with Gasteiger partial charge in [-0.15, -0.1) is 6.58 Å². The Morgan fingerprint density at radius 3 is 2.73 bits per heavy atom. The third-order valence-corrected chi connectivity index (χ3v) is 7.52. The third kappa shape index (κ3) is 3.48. The number of carboxylic acid groups (broad SMARTS) is 1. The van der Waals surface area contributed by atoms with Crippen LogP contribution >= 0.6 is 15.9 Å². The van der Waals surface area contributed by atoms with Gasteiger partial charge >= 0.3 is 5.97 Å². The maximum atomic E-state index is 13.8. The number of ether oxygens (including phenoxy) is 1. The summed E-state index contributed by atoms with van der Waals surface area (Å²) in [6, 6.07) is -1.59. The molecule has 0 radical (unpaired) electrons. The predicted octanol–water partition coefficient (Wildman–Crippen LogP) is 1.40. The molecule has 168 valence electrons. The number of aliphatic hydroxyl groups excluding tert-OH is 1. The molecule has 3 saturated heterocycles. The molecule has 9 heteroatoms. The number of halogens is 1. The van der Waals surface area contributed by atoms with Crippen molar-refractivity contribution in [2.45, 2.75) is 68.1 Å². The van der Waals surface area contributed by atoms with Gasteiger partial charge in [-0.25, -0.2) is 0 Å². The Morgan fingerprint density at radius 1 is 1.47 bits per heavy atom. The number of alkyl halides is 1. The average Bonchev–Trinajstić information content (AvgIpc) is 3.30. The minimum Gasteiger partial charge on any atom is -0.481 e. The maximum absolute atomic E-state index is 13.8. The van der Waals surface area contributed by atoms with Crippen LogP contribution in [0.5, 0.6) is 0 Å². The molecular formula is C21H31BrN2O6. The Bertz CT molecular complexity index is 718. The van der Waals surface area contributed by atoms with Crippen molar-refractivity contribution in [1.82, 2.24) is 9.80 Å². The highest BCUT2D eigenvalue weighted by Crippen LogP contribution is 2.60. The number of fused-ring (bicyclic) bond motifs is 1. The molecule has 0 aromatic heterocycles. The summed E-state index contributed by atoms with van der Waals surface area (Å²) in [6.45, 7) is 8.03. The largest absolute Gasteiger partial charge is 0.481 e. The fourth-order valence-electron chi connectivity index (χ4n) is 5.36. The Morgan fingerprint density at radius 2 is 2.17 bits per heavy atom. The Hall–Kier alpha value is -1.45. The van der Waals surface area contributed by atoms with Crippen molar-refractivity contribution in [1.29, 1.82) is 0 Å². The molecule has 0 aliphatic carbocycles. The molecular weight excluding hydrogens is 456 g/mol. The summed E-state index contributed by atoms with van der Waals surface area (Å²) in [5, 5.41) is 19.6. The van der Waals surface area contributed by atoms with E-state index in [-0.39, 0.29) is 17.3 Å². The van der Waals surface area contributed by atoms with E-state index in [0.717, 1.165) is 19.3 Å². The van der Waals surface area contributed by atoms with E-state index in [9.17, 15) is 24.6 Å². The summed E-state index contributed by atoms with van der Waals surface area (Å²) in [7, 11) is 0. The van der Waals surface area contributed by atoms with Crippen molar-refractivity contribution in [3.8, 4) is 0 Å². The highest BCUT2D eigenvalue weighted by molar-refractivity contribution is 9.09. The van der Waals surface area contributed by atoms with E-state index in [0.29, 0.717) is 19.5 Å². The number of aliphatic carboxylic acids is 1. The van der Waals surface area contributed by atoms with Gasteiger partial charge < -0.3 is 24.7 Å². The highest BCUT2D eigenvalue weighted by atomic mass is 79.9. The monoisotopic (exact) mass is 486 g/mol. The van der Waals surface area contributed by atoms with Crippen LogP contribution in [0.15, 0.2) is 12.7 Å². The lowest BCUT2D eigenvalue weighted by Gasteiger charge is -2.38. The molecule has 7 atom stereocenters. The van der Waals surface area contributed by atoms with Crippen molar-refractivity contribution >= 4 is 33.7 Å². The van der Waals surface area contributed by atoms with Crippen LogP contribution in [0.3, 0.4) is 0 Å². The van der Waals surface area contributed by atoms with Gasteiger partial charge in [-0.3, -0.25) is 14.4 Å². The maximum Gasteiger partial charge on any atom is 0.310 e. The van der Waals surface area contributed by atoms with Crippen molar-refractivity contribution in [2.24, 2.45) is 11.8 Å². The van der Waals surface area contributed by atoms with Crippen LogP contribution in [-0.4, -0.2) is 86.1 Å². The van der Waals surface area contributed by atoms with Gasteiger partial charge in [0.05, 0.1) is 30.6 Å². The Labute approximate surface area is 185 Å². The smallest absolute Gasteiger partial charge is 0.310 e. The average molecular weight is 487 g/mol. The number of nitrogens with zero attached hydrogens (tertiary/aromatic N) is 2. The fraction of sp³-hybridized carbons (Fsp3) is 0.762. The molecule has 3 aliphatic heterocycles. The molecule has 0 aromatic rings. The van der Waals surface area contributed by atoms with E-state index in [2.05, 4.69) is 29.4 Å². The van der Waals surface area contributed by atoms with Crippen molar-refractivity contribution < 1.29 is 29.3 Å². The van der Waals surface area contributed by atoms with Crippen LogP contribution in [0.2, 0.25) is 0 Å². The second kappa shape index (κ2) is 8.96. The molecule has 30 heavy (non-hydrogen) atoms. The van der Waals surface area contributed by atoms with E-state index < -0.39 is 47.5 Å². The number of unbranched alkanes of at least 4 members (excludes halogenated alkanes) is 2. The summed E-state index contributed by atoms with van der Waals surface area (Å²) in [5.74, 6) is -3.74. The topological polar surface area (TPSA) is 107 Å². The van der Waals surface area contributed by atoms with E-state index >= 15 is 0 Å². The molecule has 3 unspecified atom stereocenters. The first-order valence-corrected chi connectivity index (χ1v) is 11.5. The highest BCUT2D eigenvalue weighted by Gasteiger charge is 2.77. The SMILES string of the molecule is C=CCN(CCCCC)C(=O)C1N([C@H](C)CO)C(=O)[C@@H]2[C@H](C(=O)O)[C@H]3OC12CC3Br. The minimum atomic E-state index is -1.20. The zero-order chi connectivity index (χ0) is 22.2. The van der Waals surface area contributed by atoms with Gasteiger partial charge in [0.2, 0.25) is 11.8 Å². The molecule has 0 saturated carbocycles. The van der Waals surface area contributed by atoms with Crippen molar-refractivity contribution in [3.63, 3.8) is 0 Å². The van der Waals surface area contributed by atoms with Gasteiger partial charge in [0.15, 0.2) is 0 Å². The number of aliphatic hydroxyl groups is 1. The minimum absolute atomic E-state index is 0.254. The molecule has 2 N–H and O–H groups in total. The summed E-state index contributed by atoms with van der Waals surface area (Å²) in [5.41, 5.74) is -1.20. The fourth-order valence-corrected chi connectivity index (χ4v) is 6.31. The second-order valence-corrected chi connectivity index (χ2v) is 9.74. The number of rotatable bonds is 10. The zero-order valence-corrected chi connectivity index (χ0v) is 19.1. The number of carbonyl (C=O) groups excluding carboxylic acids is 2. The van der Waals surface area contributed by atoms with Crippen molar-refractivity contribution in [2.75, 3.05) is 19.7 Å². The van der Waals surface area contributed by atoms with Gasteiger partial charge in [0.1, 0.15) is 11.6 Å². The first kappa shape index (κ1) is 23.2. The molecule has 8 nitrogen and oxygen atoms in total. The molecule has 2 bridgehead atoms. The van der Waals surface area contributed by atoms with Crippen LogP contribution < -0.4 is 0 Å². The van der Waals surface area contributed by atoms with E-state index in [4.69, 9.17) is 4.74 Å². The first-order chi connectivity index (χ1) is 14.2. The zero-order valence-electron chi connectivity index (χ0n) is 17.5. The van der Waals surface area contributed by atoms with Gasteiger partial charge in [-0.2, -0.15) is 0 Å². The van der Waals surface area contributed by atoms with Crippen LogP contribution in [-0.2, 0) is 19.1 Å². The van der Waals surface area contributed by atoms with Gasteiger partial charge in [0, 0.05) is 17.9 Å². The normalized spacial score (nSPS) is 35.4. The number of amides is 2. The summed E-state index contributed by atoms with van der Waals surface area (Å²) >= 11 is 3.52. The summed E-state index contributed by atoms with van der Waals surface area (Å²) in [4.78, 5) is 42.0. The van der Waals surface area contributed by atoms with Crippen molar-refractivity contribution in [3.05, 3.63) is 12.7 Å². The van der Waals surface area contributed by atoms with Crippen LogP contribution in [0.1, 0.15) is 39.5 Å². The lowest BCUT2D eigenvalue weighted by atomic mass is 9.70. The molecule has 2 amide bonds. The van der Waals surface area contributed by atoms with Gasteiger partial charge in [-0.1, -0.05) is 41.8 Å². The standard InChI is InChI=1S/C21H31BrN2O6/c1-4-6-7-9-23(8-5-2)19(27)17-21-10-13(22)16(30-21)14(20(28)29)15(21)18(26)24(17)12(3)11-25/h5,12-17,25H,2,4,6-11H2,1,3H3,(H,28,29)/t12-,13?,14+,15+,16+,17?,21?/m1/s1. The van der Waals surface area contributed by atoms with E-state index in [1.54, 1.807) is 17.9 Å². The number of carboxylic acids is 1. The quantitative estimate of drug-likeness (QED) is 0.274. The Balaban J connectivity index is 2.03. The third-order valence-electron chi connectivity index (χ3n) is 6.68. The molecule has 3 rings (SSSR count). The predicted molar refractivity (Wildman–Crippen MR) is 113 cm³/mol. The van der Waals surface area contributed by atoms with E-state index in [1.807, 2.05) is 0 Å². The number of hydrogen-bond donors (Lipinski definition) is 2. The van der Waals surface area contributed by atoms with Gasteiger partial charge in [0.25, 0.3) is 0 Å². The molecule has 1 spiro atoms. The lowest BCUT2D eigenvalue weighted by Crippen LogP contribution is -2.58. The molecule has 0 aromatic carbocycles. The second-order valence-electron chi connectivity index (χ2n) is 8.56. The van der Waals surface area contributed by atoms with Crippen LogP contribution in [0.4, 0.5) is 0 Å². The molecule has 3 fully saturated rings. The number of likely N-dealkylation sites (tertiary alicyclic amines) is 1. The number of carbonyl (C=O) groups is 3.